The third kappa shape index (κ3) is 3.48. The zero-order chi connectivity index (χ0) is 11.4. The van der Waals surface area contributed by atoms with E-state index in [-0.39, 0.29) is 6.54 Å². The summed E-state index contributed by atoms with van der Waals surface area (Å²) in [5.41, 5.74) is 5.28. The highest BCUT2D eigenvalue weighted by molar-refractivity contribution is 7.87. The van der Waals surface area contributed by atoms with Crippen LogP contribution in [0.2, 0.25) is 0 Å². The van der Waals surface area contributed by atoms with Crippen LogP contribution >= 0.6 is 0 Å². The van der Waals surface area contributed by atoms with Crippen LogP contribution in [0.5, 0.6) is 0 Å². The summed E-state index contributed by atoms with van der Waals surface area (Å²) in [5, 5.41) is 0. The summed E-state index contributed by atoms with van der Waals surface area (Å²) in [4.78, 5) is 10.7. The minimum absolute atomic E-state index is 0.165. The molecule has 0 aromatic heterocycles. The highest BCUT2D eigenvalue weighted by Gasteiger charge is 2.24. The van der Waals surface area contributed by atoms with Gasteiger partial charge in [-0.3, -0.25) is 0 Å². The molecule has 0 saturated carbocycles. The van der Waals surface area contributed by atoms with E-state index in [0.29, 0.717) is 0 Å². The fraction of sp³-hybridized carbons (Fsp3) is 0.833. The summed E-state index contributed by atoms with van der Waals surface area (Å²) >= 11 is 0. The zero-order valence-electron chi connectivity index (χ0n) is 8.35. The van der Waals surface area contributed by atoms with Gasteiger partial charge in [0.25, 0.3) is 0 Å². The number of rotatable bonds is 4. The van der Waals surface area contributed by atoms with E-state index < -0.39 is 22.3 Å². The van der Waals surface area contributed by atoms with Crippen LogP contribution in [0.3, 0.4) is 0 Å². The van der Waals surface area contributed by atoms with Crippen LogP contribution < -0.4 is 10.5 Å². The smallest absolute Gasteiger partial charge is 0.421 e. The van der Waals surface area contributed by atoms with Crippen LogP contribution in [0.4, 0.5) is 4.79 Å². The van der Waals surface area contributed by atoms with Gasteiger partial charge in [-0.25, -0.2) is 9.52 Å². The molecule has 0 spiro atoms. The summed E-state index contributed by atoms with van der Waals surface area (Å²) in [5.74, 6) is 0. The molecule has 0 radical (unpaired) electrons. The fourth-order valence-corrected chi connectivity index (χ4v) is 1.60. The molecule has 0 saturated heterocycles. The van der Waals surface area contributed by atoms with Crippen molar-refractivity contribution >= 4 is 16.3 Å². The molecule has 7 nitrogen and oxygen atoms in total. The van der Waals surface area contributed by atoms with Gasteiger partial charge >= 0.3 is 16.3 Å². The molecular formula is C6H15N3O4S. The second kappa shape index (κ2) is 5.13. The van der Waals surface area contributed by atoms with E-state index in [9.17, 15) is 13.2 Å². The Morgan fingerprint density at radius 1 is 1.64 bits per heavy atom. The van der Waals surface area contributed by atoms with Crippen LogP contribution in [0, 0.1) is 0 Å². The van der Waals surface area contributed by atoms with Gasteiger partial charge in [0.05, 0.1) is 7.11 Å². The van der Waals surface area contributed by atoms with E-state index in [2.05, 4.69) is 4.74 Å². The molecule has 14 heavy (non-hydrogen) atoms. The third-order valence-corrected chi connectivity index (χ3v) is 3.28. The molecule has 0 bridgehead atoms. The number of hydrogen-bond donors (Lipinski definition) is 2. The van der Waals surface area contributed by atoms with Crippen molar-refractivity contribution in [1.82, 2.24) is 9.03 Å². The molecule has 1 amide bonds. The van der Waals surface area contributed by atoms with Crippen LogP contribution in [-0.2, 0) is 14.9 Å². The van der Waals surface area contributed by atoms with E-state index in [1.54, 1.807) is 11.6 Å². The Kier molecular flexibility index (Phi) is 4.81. The highest BCUT2D eigenvalue weighted by Crippen LogP contribution is 2.00. The molecule has 0 aliphatic rings. The van der Waals surface area contributed by atoms with Crippen molar-refractivity contribution in [3.05, 3.63) is 0 Å². The third-order valence-electron chi connectivity index (χ3n) is 1.74. The van der Waals surface area contributed by atoms with Crippen molar-refractivity contribution in [3.8, 4) is 0 Å². The summed E-state index contributed by atoms with van der Waals surface area (Å²) in [6.45, 7) is 1.79. The molecule has 0 heterocycles. The average molecular weight is 225 g/mol. The van der Waals surface area contributed by atoms with Crippen molar-refractivity contribution in [3.63, 3.8) is 0 Å². The van der Waals surface area contributed by atoms with Gasteiger partial charge in [0.1, 0.15) is 0 Å². The predicted molar refractivity (Wildman–Crippen MR) is 50.7 cm³/mol. The van der Waals surface area contributed by atoms with Crippen molar-refractivity contribution in [2.75, 3.05) is 20.7 Å². The topological polar surface area (TPSA) is 102 Å². The number of nitrogens with one attached hydrogen (secondary N) is 1. The van der Waals surface area contributed by atoms with Gasteiger partial charge in [-0.1, -0.05) is 0 Å². The number of hydrogen-bond acceptors (Lipinski definition) is 5. The Labute approximate surface area is 83.4 Å². The molecule has 0 fully saturated rings. The number of amides is 1. The molecule has 0 aliphatic heterocycles. The Morgan fingerprint density at radius 2 is 2.14 bits per heavy atom. The van der Waals surface area contributed by atoms with Gasteiger partial charge in [-0.05, 0) is 6.92 Å². The molecule has 0 aromatic carbocycles. The second-order valence-electron chi connectivity index (χ2n) is 2.70. The van der Waals surface area contributed by atoms with Crippen LogP contribution in [0.15, 0.2) is 0 Å². The number of carbonyl (C=O) groups excluding carboxylic acids is 1. The van der Waals surface area contributed by atoms with Gasteiger partial charge in [-0.2, -0.15) is 12.7 Å². The maximum atomic E-state index is 11.4. The lowest BCUT2D eigenvalue weighted by Crippen LogP contribution is -2.47. The largest absolute Gasteiger partial charge is 0.452 e. The number of nitrogens with zero attached hydrogens (tertiary/aromatic N) is 1. The number of likely N-dealkylation sites (N-methyl/N-ethyl adjacent to an activating group) is 1. The quantitative estimate of drug-likeness (QED) is 0.630. The lowest BCUT2D eigenvalue weighted by molar-refractivity contribution is 0.177. The minimum atomic E-state index is -3.85. The van der Waals surface area contributed by atoms with Crippen LogP contribution in [0.25, 0.3) is 0 Å². The van der Waals surface area contributed by atoms with Gasteiger partial charge in [0, 0.05) is 19.6 Å². The van der Waals surface area contributed by atoms with E-state index in [0.717, 1.165) is 11.4 Å². The van der Waals surface area contributed by atoms with Gasteiger partial charge in [0.15, 0.2) is 0 Å². The van der Waals surface area contributed by atoms with E-state index in [1.165, 1.54) is 7.05 Å². The number of nitrogens with two attached hydrogens (primary N) is 1. The summed E-state index contributed by atoms with van der Waals surface area (Å²) in [6, 6.07) is -0.392. The Balaban J connectivity index is 4.54. The molecule has 3 N–H and O–H groups in total. The Bertz CT molecular complexity index is 289. The van der Waals surface area contributed by atoms with Crippen molar-refractivity contribution in [2.45, 2.75) is 13.0 Å². The highest BCUT2D eigenvalue weighted by atomic mass is 32.2. The van der Waals surface area contributed by atoms with Gasteiger partial charge in [-0.15, -0.1) is 0 Å². The van der Waals surface area contributed by atoms with Crippen molar-refractivity contribution in [2.24, 2.45) is 5.73 Å². The first kappa shape index (κ1) is 13.1. The predicted octanol–water partition coefficient (Wildman–Crippen LogP) is -1.13. The molecule has 0 aliphatic carbocycles. The van der Waals surface area contributed by atoms with E-state index in [4.69, 9.17) is 5.73 Å². The number of carbonyl (C=O) groups is 1. The first-order valence-corrected chi connectivity index (χ1v) is 5.33. The van der Waals surface area contributed by atoms with Crippen molar-refractivity contribution in [1.29, 1.82) is 0 Å². The average Bonchev–Trinajstić information content (AvgIpc) is 2.14. The number of ether oxygens (including phenoxy) is 1. The lowest BCUT2D eigenvalue weighted by atomic mass is 10.4. The second-order valence-corrected chi connectivity index (χ2v) is 4.43. The SMILES string of the molecule is COC(=O)NS(=O)(=O)N(C)C(C)CN. The zero-order valence-corrected chi connectivity index (χ0v) is 9.17. The monoisotopic (exact) mass is 225 g/mol. The Morgan fingerprint density at radius 3 is 2.50 bits per heavy atom. The molecule has 0 aromatic rings. The molecule has 84 valence electrons. The molecule has 1 atom stereocenters. The van der Waals surface area contributed by atoms with Crippen LogP contribution in [-0.4, -0.2) is 45.6 Å². The summed E-state index contributed by atoms with van der Waals surface area (Å²) < 4.78 is 29.5. The van der Waals surface area contributed by atoms with Crippen LogP contribution in [0.1, 0.15) is 6.92 Å². The standard InChI is InChI=1S/C6H15N3O4S/c1-5(4-7)9(2)14(11,12)8-6(10)13-3/h5H,4,7H2,1-3H3,(H,8,10). The lowest BCUT2D eigenvalue weighted by Gasteiger charge is -2.22. The van der Waals surface area contributed by atoms with Gasteiger partial charge < -0.3 is 10.5 Å². The first-order valence-electron chi connectivity index (χ1n) is 3.89. The first-order chi connectivity index (χ1) is 6.35. The Hall–Kier alpha value is -0.860. The summed E-state index contributed by atoms with van der Waals surface area (Å²) in [6.07, 6.45) is -1.03. The minimum Gasteiger partial charge on any atom is -0.452 e. The normalized spacial score (nSPS) is 13.8. The maximum Gasteiger partial charge on any atom is 0.421 e. The number of methoxy groups -OCH3 is 1. The van der Waals surface area contributed by atoms with E-state index >= 15 is 0 Å². The molecule has 0 rings (SSSR count). The molecule has 1 unspecified atom stereocenters. The summed E-state index contributed by atoms with van der Waals surface area (Å²) in [7, 11) is -1.45. The maximum absolute atomic E-state index is 11.4. The molecule has 8 heteroatoms. The molecular weight excluding hydrogens is 210 g/mol. The van der Waals surface area contributed by atoms with Gasteiger partial charge in [0.2, 0.25) is 0 Å². The van der Waals surface area contributed by atoms with E-state index in [1.807, 2.05) is 0 Å². The fourth-order valence-electron chi connectivity index (χ4n) is 0.604. The van der Waals surface area contributed by atoms with Crippen molar-refractivity contribution < 1.29 is 17.9 Å².